The van der Waals surface area contributed by atoms with E-state index < -0.39 is 0 Å². The molecule has 0 aliphatic carbocycles. The highest BCUT2D eigenvalue weighted by Gasteiger charge is 2.35. The number of piperazine rings is 1. The average Bonchev–Trinajstić information content (AvgIpc) is 3.63. The van der Waals surface area contributed by atoms with E-state index in [9.17, 15) is 9.59 Å². The van der Waals surface area contributed by atoms with Gasteiger partial charge in [-0.15, -0.1) is 0 Å². The molecule has 2 atom stereocenters. The summed E-state index contributed by atoms with van der Waals surface area (Å²) < 4.78 is 7.19. The first-order chi connectivity index (χ1) is 18.0. The molecule has 11 heteroatoms. The number of aryl methyl sites for hydroxylation is 1. The number of benzene rings is 1. The van der Waals surface area contributed by atoms with Crippen molar-refractivity contribution in [1.29, 1.82) is 0 Å². The molecule has 1 aromatic carbocycles. The average molecular weight is 524 g/mol. The second kappa shape index (κ2) is 11.3. The third-order valence-corrected chi connectivity index (χ3v) is 7.01. The first-order valence-electron chi connectivity index (χ1n) is 12.4. The molecular formula is C26H30ClN7O3. The highest BCUT2D eigenvalue weighted by atomic mass is 35.5. The Morgan fingerprint density at radius 3 is 2.76 bits per heavy atom. The zero-order chi connectivity index (χ0) is 25.8. The number of rotatable bonds is 7. The maximum Gasteiger partial charge on any atom is 0.237 e. The normalized spacial score (nSPS) is 19.7. The SMILES string of the molecule is Cc1cc(N2CCN(C(=O)C3CCOC3)CC2CC(=O)NCc2ccc(Cl)cc2)nc(-n2ccnc2)n1. The van der Waals surface area contributed by atoms with Gasteiger partial charge >= 0.3 is 0 Å². The van der Waals surface area contributed by atoms with Gasteiger partial charge in [-0.05, 0) is 31.0 Å². The van der Waals surface area contributed by atoms with E-state index in [0.717, 1.165) is 23.5 Å². The molecule has 4 heterocycles. The van der Waals surface area contributed by atoms with E-state index >= 15 is 0 Å². The number of hydrogen-bond acceptors (Lipinski definition) is 7. The van der Waals surface area contributed by atoms with E-state index in [1.54, 1.807) is 35.4 Å². The molecule has 194 valence electrons. The number of imidazole rings is 1. The van der Waals surface area contributed by atoms with Crippen LogP contribution in [0.15, 0.2) is 49.1 Å². The number of anilines is 1. The van der Waals surface area contributed by atoms with Crippen molar-refractivity contribution in [3.8, 4) is 5.95 Å². The number of carbonyl (C=O) groups excluding carboxylic acids is 2. The molecule has 3 aromatic rings. The molecular weight excluding hydrogens is 494 g/mol. The van der Waals surface area contributed by atoms with Crippen molar-refractivity contribution in [1.82, 2.24) is 29.7 Å². The lowest BCUT2D eigenvalue weighted by Gasteiger charge is -2.42. The highest BCUT2D eigenvalue weighted by molar-refractivity contribution is 6.30. The minimum Gasteiger partial charge on any atom is -0.381 e. The second-order valence-electron chi connectivity index (χ2n) is 9.44. The first kappa shape index (κ1) is 25.2. The van der Waals surface area contributed by atoms with Gasteiger partial charge in [-0.1, -0.05) is 23.7 Å². The number of nitrogens with zero attached hydrogens (tertiary/aromatic N) is 6. The van der Waals surface area contributed by atoms with E-state index in [-0.39, 0.29) is 30.2 Å². The van der Waals surface area contributed by atoms with Crippen molar-refractivity contribution >= 4 is 29.2 Å². The third-order valence-electron chi connectivity index (χ3n) is 6.76. The van der Waals surface area contributed by atoms with Gasteiger partial charge < -0.3 is 19.9 Å². The molecule has 2 aliphatic rings. The zero-order valence-corrected chi connectivity index (χ0v) is 21.5. The van der Waals surface area contributed by atoms with Crippen LogP contribution in [0.2, 0.25) is 5.02 Å². The van der Waals surface area contributed by atoms with Crippen molar-refractivity contribution in [3.63, 3.8) is 0 Å². The number of amides is 2. The molecule has 5 rings (SSSR count). The Hall–Kier alpha value is -3.50. The Bertz CT molecular complexity index is 1230. The molecule has 37 heavy (non-hydrogen) atoms. The Labute approximate surface area is 220 Å². The Balaban J connectivity index is 1.34. The van der Waals surface area contributed by atoms with Crippen LogP contribution in [-0.4, -0.2) is 75.1 Å². The summed E-state index contributed by atoms with van der Waals surface area (Å²) in [7, 11) is 0. The van der Waals surface area contributed by atoms with E-state index in [1.807, 2.05) is 30.0 Å². The van der Waals surface area contributed by atoms with Gasteiger partial charge in [0.15, 0.2) is 0 Å². The molecule has 0 radical (unpaired) electrons. The smallest absolute Gasteiger partial charge is 0.237 e. The second-order valence-corrected chi connectivity index (χ2v) is 9.87. The summed E-state index contributed by atoms with van der Waals surface area (Å²) in [6.45, 7) is 4.96. The number of aromatic nitrogens is 4. The number of carbonyl (C=O) groups is 2. The standard InChI is InChI=1S/C26H30ClN7O3/c1-18-12-23(31-26(30-18)33-8-7-28-17-33)34-10-9-32(25(36)20-6-11-37-16-20)15-22(34)13-24(35)29-14-19-2-4-21(27)5-3-19/h2-5,7-8,12,17,20,22H,6,9-11,13-16H2,1H3,(H,29,35). The van der Waals surface area contributed by atoms with Crippen molar-refractivity contribution in [2.75, 3.05) is 37.7 Å². The largest absolute Gasteiger partial charge is 0.381 e. The van der Waals surface area contributed by atoms with Gasteiger partial charge in [0.05, 0.1) is 18.6 Å². The van der Waals surface area contributed by atoms with Crippen LogP contribution in [0.3, 0.4) is 0 Å². The fourth-order valence-corrected chi connectivity index (χ4v) is 4.91. The van der Waals surface area contributed by atoms with E-state index in [2.05, 4.69) is 20.2 Å². The predicted octanol–water partition coefficient (Wildman–Crippen LogP) is 2.38. The minimum atomic E-state index is -0.241. The zero-order valence-electron chi connectivity index (χ0n) is 20.7. The molecule has 1 N–H and O–H groups in total. The van der Waals surface area contributed by atoms with Gasteiger partial charge in [0.25, 0.3) is 0 Å². The molecule has 2 aliphatic heterocycles. The van der Waals surface area contributed by atoms with E-state index in [0.29, 0.717) is 50.4 Å². The van der Waals surface area contributed by atoms with Crippen molar-refractivity contribution in [2.24, 2.45) is 5.92 Å². The number of nitrogens with one attached hydrogen (secondary N) is 1. The van der Waals surface area contributed by atoms with E-state index in [1.165, 1.54) is 0 Å². The predicted molar refractivity (Wildman–Crippen MR) is 138 cm³/mol. The van der Waals surface area contributed by atoms with Gasteiger partial charge in [-0.2, -0.15) is 4.98 Å². The quantitative estimate of drug-likeness (QED) is 0.507. The van der Waals surface area contributed by atoms with Crippen LogP contribution in [0.5, 0.6) is 0 Å². The maximum absolute atomic E-state index is 13.2. The summed E-state index contributed by atoms with van der Waals surface area (Å²) in [4.78, 5) is 43.6. The summed E-state index contributed by atoms with van der Waals surface area (Å²) >= 11 is 5.97. The topological polar surface area (TPSA) is 105 Å². The highest BCUT2D eigenvalue weighted by Crippen LogP contribution is 2.25. The molecule has 2 fully saturated rings. The Morgan fingerprint density at radius 2 is 2.03 bits per heavy atom. The number of halogens is 1. The van der Waals surface area contributed by atoms with Crippen LogP contribution >= 0.6 is 11.6 Å². The van der Waals surface area contributed by atoms with Crippen LogP contribution in [0.25, 0.3) is 5.95 Å². The molecule has 2 unspecified atom stereocenters. The lowest BCUT2D eigenvalue weighted by atomic mass is 10.0. The fraction of sp³-hybridized carbons (Fsp3) is 0.423. The molecule has 10 nitrogen and oxygen atoms in total. The van der Waals surface area contributed by atoms with Crippen LogP contribution in [0.1, 0.15) is 24.1 Å². The van der Waals surface area contributed by atoms with Crippen molar-refractivity contribution in [3.05, 3.63) is 65.3 Å². The summed E-state index contributed by atoms with van der Waals surface area (Å²) in [5.74, 6) is 1.13. The van der Waals surface area contributed by atoms with Crippen LogP contribution in [-0.2, 0) is 20.9 Å². The molecule has 0 saturated carbocycles. The molecule has 0 bridgehead atoms. The molecule has 2 amide bonds. The van der Waals surface area contributed by atoms with Crippen molar-refractivity contribution < 1.29 is 14.3 Å². The summed E-state index contributed by atoms with van der Waals surface area (Å²) in [5, 5.41) is 3.66. The summed E-state index contributed by atoms with van der Waals surface area (Å²) in [5.41, 5.74) is 1.77. The number of hydrogen-bond donors (Lipinski definition) is 1. The van der Waals surface area contributed by atoms with Gasteiger partial charge in [-0.3, -0.25) is 14.2 Å². The van der Waals surface area contributed by atoms with Crippen LogP contribution < -0.4 is 10.2 Å². The van der Waals surface area contributed by atoms with Gasteiger partial charge in [0.2, 0.25) is 17.8 Å². The van der Waals surface area contributed by atoms with Crippen LogP contribution in [0, 0.1) is 12.8 Å². The van der Waals surface area contributed by atoms with Gasteiger partial charge in [0, 0.05) is 68.4 Å². The maximum atomic E-state index is 13.2. The number of ether oxygens (including phenoxy) is 1. The monoisotopic (exact) mass is 523 g/mol. The molecule has 2 saturated heterocycles. The van der Waals surface area contributed by atoms with E-state index in [4.69, 9.17) is 21.3 Å². The third kappa shape index (κ3) is 6.08. The van der Waals surface area contributed by atoms with Gasteiger partial charge in [0.1, 0.15) is 12.1 Å². The molecule has 0 spiro atoms. The Kier molecular flexibility index (Phi) is 7.66. The summed E-state index contributed by atoms with van der Waals surface area (Å²) in [6.07, 6.45) is 6.09. The first-order valence-corrected chi connectivity index (χ1v) is 12.8. The Morgan fingerprint density at radius 1 is 1.19 bits per heavy atom. The minimum absolute atomic E-state index is 0.0935. The lowest BCUT2D eigenvalue weighted by molar-refractivity contribution is -0.137. The van der Waals surface area contributed by atoms with Crippen molar-refractivity contribution in [2.45, 2.75) is 32.4 Å². The lowest BCUT2D eigenvalue weighted by Crippen LogP contribution is -2.57. The molecule has 2 aromatic heterocycles. The van der Waals surface area contributed by atoms with Gasteiger partial charge in [-0.25, -0.2) is 9.97 Å². The summed E-state index contributed by atoms with van der Waals surface area (Å²) in [6, 6.07) is 9.06. The fourth-order valence-electron chi connectivity index (χ4n) is 4.78. The van der Waals surface area contributed by atoms with Crippen LogP contribution in [0.4, 0.5) is 5.82 Å².